The van der Waals surface area contributed by atoms with Gasteiger partial charge in [-0.1, -0.05) is 41.9 Å². The number of anilines is 2. The van der Waals surface area contributed by atoms with Gasteiger partial charge in [-0.2, -0.15) is 0 Å². The summed E-state index contributed by atoms with van der Waals surface area (Å²) < 4.78 is 34.3. The molecule has 0 bridgehead atoms. The number of aromatic nitrogens is 1. The topological polar surface area (TPSA) is 101 Å². The number of nitrogens with one attached hydrogen (secondary N) is 2. The predicted octanol–water partition coefficient (Wildman–Crippen LogP) is 4.59. The highest BCUT2D eigenvalue weighted by Crippen LogP contribution is 2.35. The van der Waals surface area contributed by atoms with Crippen LogP contribution in [0.4, 0.5) is 11.6 Å². The van der Waals surface area contributed by atoms with Gasteiger partial charge in [-0.25, -0.2) is 8.42 Å². The molecule has 1 heterocycles. The fourth-order valence-corrected chi connectivity index (χ4v) is 4.68. The summed E-state index contributed by atoms with van der Waals surface area (Å²) in [6, 6.07) is 10.6. The lowest BCUT2D eigenvalue weighted by Crippen LogP contribution is -2.15. The number of hydrogen-bond donors (Lipinski definition) is 2. The molecule has 7 nitrogen and oxygen atoms in total. The first-order valence-corrected chi connectivity index (χ1v) is 11.1. The zero-order valence-electron chi connectivity index (χ0n) is 17.7. The third-order valence-electron chi connectivity index (χ3n) is 4.78. The monoisotopic (exact) mass is 427 g/mol. The van der Waals surface area contributed by atoms with Crippen molar-refractivity contribution < 1.29 is 17.7 Å². The van der Waals surface area contributed by atoms with Crippen LogP contribution in [0.15, 0.2) is 45.8 Å². The summed E-state index contributed by atoms with van der Waals surface area (Å²) in [5.74, 6) is -0.0968. The van der Waals surface area contributed by atoms with E-state index in [0.717, 1.165) is 11.1 Å². The maximum absolute atomic E-state index is 13.2. The normalized spacial score (nSPS) is 11.4. The van der Waals surface area contributed by atoms with Crippen molar-refractivity contribution >= 4 is 27.5 Å². The van der Waals surface area contributed by atoms with Crippen LogP contribution >= 0.6 is 0 Å². The van der Waals surface area contributed by atoms with Crippen molar-refractivity contribution in [1.29, 1.82) is 0 Å². The van der Waals surface area contributed by atoms with E-state index in [1.807, 2.05) is 32.9 Å². The Balaban J connectivity index is 2.08. The lowest BCUT2D eigenvalue weighted by atomic mass is 10.0. The molecule has 0 aliphatic rings. The molecule has 1 amide bonds. The van der Waals surface area contributed by atoms with Crippen LogP contribution in [0.2, 0.25) is 0 Å². The van der Waals surface area contributed by atoms with Crippen LogP contribution < -0.4 is 10.0 Å². The van der Waals surface area contributed by atoms with Gasteiger partial charge in [-0.15, -0.1) is 0 Å². The zero-order valence-corrected chi connectivity index (χ0v) is 18.5. The van der Waals surface area contributed by atoms with E-state index in [1.54, 1.807) is 31.2 Å². The molecule has 0 aliphatic heterocycles. The number of hydrogen-bond acceptors (Lipinski definition) is 5. The van der Waals surface area contributed by atoms with Gasteiger partial charge >= 0.3 is 0 Å². The Bertz CT molecular complexity index is 1210. The number of nitrogens with zero attached hydrogens (tertiary/aromatic N) is 1. The minimum atomic E-state index is -3.84. The molecule has 0 fully saturated rings. The SMILES string of the molecule is CCc1noc(NC(C)=O)c1-c1ccc(C)c(S(=O)(=O)Nc2ccc(C)cc2C)c1. The molecule has 158 valence electrons. The van der Waals surface area contributed by atoms with Crippen molar-refractivity contribution in [3.05, 3.63) is 58.8 Å². The van der Waals surface area contributed by atoms with Crippen LogP contribution in [0.3, 0.4) is 0 Å². The highest BCUT2D eigenvalue weighted by Gasteiger charge is 2.23. The van der Waals surface area contributed by atoms with Crippen molar-refractivity contribution in [2.45, 2.75) is 45.9 Å². The molecule has 0 saturated heterocycles. The highest BCUT2D eigenvalue weighted by atomic mass is 32.2. The quantitative estimate of drug-likeness (QED) is 0.599. The van der Waals surface area contributed by atoms with E-state index in [1.165, 1.54) is 6.92 Å². The third-order valence-corrected chi connectivity index (χ3v) is 6.29. The molecule has 2 N–H and O–H groups in total. The van der Waals surface area contributed by atoms with Gasteiger partial charge in [0, 0.05) is 6.92 Å². The Morgan fingerprint density at radius 3 is 2.43 bits per heavy atom. The van der Waals surface area contributed by atoms with Gasteiger partial charge in [0.1, 0.15) is 0 Å². The molecule has 0 unspecified atom stereocenters. The average Bonchev–Trinajstić information content (AvgIpc) is 3.06. The number of carbonyl (C=O) groups excluding carboxylic acids is 1. The largest absolute Gasteiger partial charge is 0.337 e. The lowest BCUT2D eigenvalue weighted by molar-refractivity contribution is -0.114. The molecular weight excluding hydrogens is 402 g/mol. The summed E-state index contributed by atoms with van der Waals surface area (Å²) in [6.45, 7) is 8.83. The van der Waals surface area contributed by atoms with Crippen LogP contribution in [-0.2, 0) is 21.2 Å². The molecule has 0 spiro atoms. The first-order valence-electron chi connectivity index (χ1n) is 9.59. The second-order valence-electron chi connectivity index (χ2n) is 7.27. The molecule has 0 aliphatic carbocycles. The number of amides is 1. The van der Waals surface area contributed by atoms with Gasteiger partial charge in [0.15, 0.2) is 0 Å². The molecule has 8 heteroatoms. The van der Waals surface area contributed by atoms with Gasteiger partial charge in [-0.3, -0.25) is 14.8 Å². The number of sulfonamides is 1. The standard InChI is InChI=1S/C22H25N3O4S/c1-6-18-21(22(29-24-18)23-16(5)26)17-9-8-14(3)20(12-17)30(27,28)25-19-10-7-13(2)11-15(19)4/h7-12,25H,6H2,1-5H3,(H,23,26). The fourth-order valence-electron chi connectivity index (χ4n) is 3.28. The Morgan fingerprint density at radius 2 is 1.80 bits per heavy atom. The molecule has 0 atom stereocenters. The molecule has 30 heavy (non-hydrogen) atoms. The molecule has 3 aromatic rings. The Morgan fingerprint density at radius 1 is 1.07 bits per heavy atom. The first-order chi connectivity index (χ1) is 14.1. The van der Waals surface area contributed by atoms with Gasteiger partial charge in [-0.05, 0) is 56.0 Å². The van der Waals surface area contributed by atoms with Gasteiger partial charge in [0.2, 0.25) is 11.8 Å². The molecular formula is C22H25N3O4S. The van der Waals surface area contributed by atoms with Gasteiger partial charge < -0.3 is 4.52 Å². The fraction of sp³-hybridized carbons (Fsp3) is 0.273. The second kappa shape index (κ2) is 8.31. The first kappa shape index (κ1) is 21.6. The van der Waals surface area contributed by atoms with E-state index in [9.17, 15) is 13.2 Å². The maximum Gasteiger partial charge on any atom is 0.262 e. The van der Waals surface area contributed by atoms with Crippen molar-refractivity contribution in [1.82, 2.24) is 5.16 Å². The van der Waals surface area contributed by atoms with E-state index < -0.39 is 10.0 Å². The zero-order chi connectivity index (χ0) is 22.1. The maximum atomic E-state index is 13.2. The molecule has 1 aromatic heterocycles. The average molecular weight is 428 g/mol. The van der Waals surface area contributed by atoms with E-state index in [-0.39, 0.29) is 16.7 Å². The lowest BCUT2D eigenvalue weighted by Gasteiger charge is -2.14. The van der Waals surface area contributed by atoms with Gasteiger partial charge in [0.25, 0.3) is 10.0 Å². The van der Waals surface area contributed by atoms with Crippen LogP contribution in [0.25, 0.3) is 11.1 Å². The number of rotatable bonds is 6. The summed E-state index contributed by atoms with van der Waals surface area (Å²) in [5.41, 5.74) is 4.84. The minimum absolute atomic E-state index is 0.150. The van der Waals surface area contributed by atoms with Crippen molar-refractivity contribution in [3.8, 4) is 11.1 Å². The molecule has 0 saturated carbocycles. The van der Waals surface area contributed by atoms with Crippen LogP contribution in [0.1, 0.15) is 36.2 Å². The predicted molar refractivity (Wildman–Crippen MR) is 117 cm³/mol. The Labute approximate surface area is 176 Å². The smallest absolute Gasteiger partial charge is 0.262 e. The van der Waals surface area contributed by atoms with Crippen molar-refractivity contribution in [2.24, 2.45) is 0 Å². The summed E-state index contributed by atoms with van der Waals surface area (Å²) in [4.78, 5) is 11.7. The summed E-state index contributed by atoms with van der Waals surface area (Å²) >= 11 is 0. The number of benzene rings is 2. The summed E-state index contributed by atoms with van der Waals surface area (Å²) in [7, 11) is -3.84. The highest BCUT2D eigenvalue weighted by molar-refractivity contribution is 7.92. The molecule has 2 aromatic carbocycles. The van der Waals surface area contributed by atoms with Crippen LogP contribution in [0, 0.1) is 20.8 Å². The van der Waals surface area contributed by atoms with E-state index in [2.05, 4.69) is 15.2 Å². The number of aryl methyl sites for hydroxylation is 4. The van der Waals surface area contributed by atoms with Crippen LogP contribution in [-0.4, -0.2) is 19.5 Å². The van der Waals surface area contributed by atoms with Crippen LogP contribution in [0.5, 0.6) is 0 Å². The summed E-state index contributed by atoms with van der Waals surface area (Å²) in [5, 5.41) is 6.63. The van der Waals surface area contributed by atoms with E-state index in [0.29, 0.717) is 34.5 Å². The summed E-state index contributed by atoms with van der Waals surface area (Å²) in [6.07, 6.45) is 0.565. The Kier molecular flexibility index (Phi) is 5.98. The van der Waals surface area contributed by atoms with E-state index in [4.69, 9.17) is 4.52 Å². The van der Waals surface area contributed by atoms with Crippen molar-refractivity contribution in [2.75, 3.05) is 10.0 Å². The minimum Gasteiger partial charge on any atom is -0.337 e. The molecule has 3 rings (SSSR count). The molecule has 0 radical (unpaired) electrons. The number of carbonyl (C=O) groups is 1. The van der Waals surface area contributed by atoms with E-state index >= 15 is 0 Å². The third kappa shape index (κ3) is 4.38. The van der Waals surface area contributed by atoms with Gasteiger partial charge in [0.05, 0.1) is 21.8 Å². The Hall–Kier alpha value is -3.13. The van der Waals surface area contributed by atoms with Crippen molar-refractivity contribution in [3.63, 3.8) is 0 Å². The second-order valence-corrected chi connectivity index (χ2v) is 8.92.